The van der Waals surface area contributed by atoms with Gasteiger partial charge in [-0.05, 0) is 63.3 Å². The molecule has 0 radical (unpaired) electrons. The number of aryl methyl sites for hydroxylation is 1. The quantitative estimate of drug-likeness (QED) is 0.841. The highest BCUT2D eigenvalue weighted by molar-refractivity contribution is 5.90. The highest BCUT2D eigenvalue weighted by Crippen LogP contribution is 2.31. The predicted octanol–water partition coefficient (Wildman–Crippen LogP) is 2.59. The van der Waals surface area contributed by atoms with Gasteiger partial charge in [0.15, 0.2) is 0 Å². The fourth-order valence-corrected chi connectivity index (χ4v) is 4.84. The van der Waals surface area contributed by atoms with E-state index in [4.69, 9.17) is 0 Å². The number of carbonyl (C=O) groups excluding carboxylic acids is 2. The number of piperidine rings is 1. The van der Waals surface area contributed by atoms with Gasteiger partial charge in [0, 0.05) is 37.4 Å². The van der Waals surface area contributed by atoms with Gasteiger partial charge >= 0.3 is 6.03 Å². The van der Waals surface area contributed by atoms with E-state index in [-0.39, 0.29) is 17.9 Å². The Balaban J connectivity index is 1.40. The average molecular weight is 370 g/mol. The van der Waals surface area contributed by atoms with Gasteiger partial charge in [0.05, 0.1) is 5.92 Å². The van der Waals surface area contributed by atoms with Crippen molar-refractivity contribution < 1.29 is 9.59 Å². The molecule has 0 saturated carbocycles. The highest BCUT2D eigenvalue weighted by atomic mass is 16.2. The summed E-state index contributed by atoms with van der Waals surface area (Å²) in [6.45, 7) is 5.17. The first kappa shape index (κ1) is 18.3. The zero-order valence-corrected chi connectivity index (χ0v) is 16.1. The van der Waals surface area contributed by atoms with E-state index < -0.39 is 0 Å². The summed E-state index contributed by atoms with van der Waals surface area (Å²) in [6, 6.07) is 8.44. The van der Waals surface area contributed by atoms with E-state index in [1.54, 1.807) is 0 Å². The van der Waals surface area contributed by atoms with Crippen molar-refractivity contribution in [2.45, 2.75) is 51.1 Å². The van der Waals surface area contributed by atoms with Crippen LogP contribution in [0.5, 0.6) is 0 Å². The molecule has 146 valence electrons. The maximum atomic E-state index is 13.3. The molecule has 27 heavy (non-hydrogen) atoms. The Morgan fingerprint density at radius 1 is 1.15 bits per heavy atom. The van der Waals surface area contributed by atoms with E-state index in [2.05, 4.69) is 15.5 Å². The van der Waals surface area contributed by atoms with Gasteiger partial charge in [-0.2, -0.15) is 0 Å². The number of benzene rings is 1. The van der Waals surface area contributed by atoms with Crippen molar-refractivity contribution in [1.29, 1.82) is 0 Å². The molecule has 0 aromatic heterocycles. The van der Waals surface area contributed by atoms with Crippen LogP contribution in [0, 0.1) is 12.8 Å². The normalized spacial score (nSPS) is 28.0. The van der Waals surface area contributed by atoms with E-state index in [0.717, 1.165) is 63.0 Å². The summed E-state index contributed by atoms with van der Waals surface area (Å²) in [7, 11) is 0. The minimum Gasteiger partial charge on any atom is -0.335 e. The number of urea groups is 1. The van der Waals surface area contributed by atoms with Gasteiger partial charge in [-0.25, -0.2) is 4.79 Å². The molecular weight excluding hydrogens is 340 g/mol. The molecular formula is C21H30N4O2. The third kappa shape index (κ3) is 3.95. The second-order valence-corrected chi connectivity index (χ2v) is 8.21. The number of nitrogens with one attached hydrogen (secondary N) is 2. The summed E-state index contributed by atoms with van der Waals surface area (Å²) in [4.78, 5) is 29.9. The fraction of sp³-hybridized carbons (Fsp3) is 0.619. The first-order valence-electron chi connectivity index (χ1n) is 10.3. The maximum Gasteiger partial charge on any atom is 0.321 e. The first-order chi connectivity index (χ1) is 13.1. The van der Waals surface area contributed by atoms with Crippen LogP contribution in [0.1, 0.15) is 37.7 Å². The summed E-state index contributed by atoms with van der Waals surface area (Å²) in [6.07, 6.45) is 5.05. The first-order valence-corrected chi connectivity index (χ1v) is 10.3. The third-order valence-corrected chi connectivity index (χ3v) is 6.24. The van der Waals surface area contributed by atoms with Crippen molar-refractivity contribution in [3.05, 3.63) is 29.8 Å². The second-order valence-electron chi connectivity index (χ2n) is 8.21. The summed E-state index contributed by atoms with van der Waals surface area (Å²) < 4.78 is 0. The smallest absolute Gasteiger partial charge is 0.321 e. The largest absolute Gasteiger partial charge is 0.335 e. The molecule has 3 heterocycles. The zero-order valence-electron chi connectivity index (χ0n) is 16.1. The molecule has 3 aliphatic heterocycles. The number of hydrogen-bond donors (Lipinski definition) is 2. The van der Waals surface area contributed by atoms with Gasteiger partial charge in [0.2, 0.25) is 5.91 Å². The average Bonchev–Trinajstić information content (AvgIpc) is 2.94. The lowest BCUT2D eigenvalue weighted by Gasteiger charge is -2.37. The Morgan fingerprint density at radius 2 is 2.00 bits per heavy atom. The van der Waals surface area contributed by atoms with Crippen molar-refractivity contribution >= 4 is 17.6 Å². The third-order valence-electron chi connectivity index (χ3n) is 6.24. The topological polar surface area (TPSA) is 64.7 Å². The van der Waals surface area contributed by atoms with E-state index in [1.165, 1.54) is 0 Å². The van der Waals surface area contributed by atoms with Crippen LogP contribution < -0.4 is 10.6 Å². The number of nitrogens with zero attached hydrogens (tertiary/aromatic N) is 2. The molecule has 1 aromatic rings. The SMILES string of the molecule is Cc1cccc(NC(=O)N2CCCC(C(=O)N3C4CCNCC3CC4)C2)c1. The number of carbonyl (C=O) groups is 2. The predicted molar refractivity (Wildman–Crippen MR) is 106 cm³/mol. The Labute approximate surface area is 161 Å². The lowest BCUT2D eigenvalue weighted by Crippen LogP contribution is -2.51. The molecule has 6 nitrogen and oxygen atoms in total. The number of fused-ring (bicyclic) bond motifs is 2. The Morgan fingerprint density at radius 3 is 2.85 bits per heavy atom. The number of anilines is 1. The van der Waals surface area contributed by atoms with E-state index >= 15 is 0 Å². The van der Waals surface area contributed by atoms with Crippen molar-refractivity contribution in [3.63, 3.8) is 0 Å². The summed E-state index contributed by atoms with van der Waals surface area (Å²) in [5, 5.41) is 6.44. The van der Waals surface area contributed by atoms with Crippen LogP contribution >= 0.6 is 0 Å². The maximum absolute atomic E-state index is 13.3. The number of likely N-dealkylation sites (tertiary alicyclic amines) is 1. The summed E-state index contributed by atoms with van der Waals surface area (Å²) in [5.74, 6) is 0.197. The minimum absolute atomic E-state index is 0.0665. The lowest BCUT2D eigenvalue weighted by molar-refractivity contribution is -0.139. The Kier molecular flexibility index (Phi) is 5.34. The van der Waals surface area contributed by atoms with Crippen LogP contribution in [0.25, 0.3) is 0 Å². The van der Waals surface area contributed by atoms with Crippen molar-refractivity contribution in [2.75, 3.05) is 31.5 Å². The molecule has 3 saturated heterocycles. The standard InChI is InChI=1S/C21H30N4O2/c1-15-4-2-6-17(12-15)23-21(27)24-11-3-5-16(14-24)20(26)25-18-7-8-19(25)13-22-10-9-18/h2,4,6,12,16,18-19,22H,3,5,7-11,13-14H2,1H3,(H,23,27). The van der Waals surface area contributed by atoms with Gasteiger partial charge in [-0.1, -0.05) is 12.1 Å². The lowest BCUT2D eigenvalue weighted by atomic mass is 9.96. The monoisotopic (exact) mass is 370 g/mol. The molecule has 3 unspecified atom stereocenters. The van der Waals surface area contributed by atoms with Crippen molar-refractivity contribution in [1.82, 2.24) is 15.1 Å². The van der Waals surface area contributed by atoms with Gasteiger partial charge in [0.25, 0.3) is 0 Å². The number of amides is 3. The van der Waals surface area contributed by atoms with Gasteiger partial charge in [-0.15, -0.1) is 0 Å². The van der Waals surface area contributed by atoms with Crippen LogP contribution in [0.2, 0.25) is 0 Å². The van der Waals surface area contributed by atoms with Crippen LogP contribution in [-0.2, 0) is 4.79 Å². The highest BCUT2D eigenvalue weighted by Gasteiger charge is 2.41. The minimum atomic E-state index is -0.0985. The molecule has 0 spiro atoms. The van der Waals surface area contributed by atoms with Gasteiger partial charge in [0.1, 0.15) is 0 Å². The molecule has 3 aliphatic rings. The van der Waals surface area contributed by atoms with Crippen molar-refractivity contribution in [3.8, 4) is 0 Å². The molecule has 3 fully saturated rings. The number of hydrogen-bond acceptors (Lipinski definition) is 3. The van der Waals surface area contributed by atoms with E-state index in [1.807, 2.05) is 36.1 Å². The molecule has 0 aliphatic carbocycles. The molecule has 6 heteroatoms. The fourth-order valence-electron chi connectivity index (χ4n) is 4.84. The van der Waals surface area contributed by atoms with E-state index in [0.29, 0.717) is 18.6 Å². The van der Waals surface area contributed by atoms with Gasteiger partial charge in [-0.3, -0.25) is 4.79 Å². The summed E-state index contributed by atoms with van der Waals surface area (Å²) >= 11 is 0. The Hall–Kier alpha value is -2.08. The van der Waals surface area contributed by atoms with Gasteiger partial charge < -0.3 is 20.4 Å². The molecule has 1 aromatic carbocycles. The second kappa shape index (κ2) is 7.89. The number of rotatable bonds is 2. The van der Waals surface area contributed by atoms with Crippen LogP contribution in [0.4, 0.5) is 10.5 Å². The zero-order chi connectivity index (χ0) is 18.8. The van der Waals surface area contributed by atoms with E-state index in [9.17, 15) is 9.59 Å². The molecule has 4 rings (SSSR count). The summed E-state index contributed by atoms with van der Waals surface area (Å²) in [5.41, 5.74) is 1.93. The molecule has 3 atom stereocenters. The molecule has 3 amide bonds. The molecule has 2 bridgehead atoms. The Bertz CT molecular complexity index is 693. The van der Waals surface area contributed by atoms with Crippen LogP contribution in [0.15, 0.2) is 24.3 Å². The van der Waals surface area contributed by atoms with Crippen LogP contribution in [0.3, 0.4) is 0 Å². The van der Waals surface area contributed by atoms with Crippen molar-refractivity contribution in [2.24, 2.45) is 5.92 Å². The molecule has 2 N–H and O–H groups in total. The van der Waals surface area contributed by atoms with Crippen LogP contribution in [-0.4, -0.2) is 60.0 Å².